The Kier molecular flexibility index (Phi) is 3.83. The summed E-state index contributed by atoms with van der Waals surface area (Å²) < 4.78 is 18.3. The summed E-state index contributed by atoms with van der Waals surface area (Å²) in [5.41, 5.74) is -0.356. The Morgan fingerprint density at radius 2 is 1.76 bits per heavy atom. The summed E-state index contributed by atoms with van der Waals surface area (Å²) in [6, 6.07) is 0. The summed E-state index contributed by atoms with van der Waals surface area (Å²) in [7, 11) is 0. The van der Waals surface area contributed by atoms with Gasteiger partial charge in [-0.1, -0.05) is 19.3 Å². The molecule has 25 heavy (non-hydrogen) atoms. The number of aliphatic hydroxyl groups excluding tert-OH is 1. The molecule has 6 fully saturated rings. The van der Waals surface area contributed by atoms with E-state index in [1.54, 1.807) is 0 Å². The molecule has 0 aromatic rings. The Morgan fingerprint density at radius 3 is 2.40 bits per heavy atom. The Bertz CT molecular complexity index is 540. The molecule has 0 radical (unpaired) electrons. The molecule has 4 bridgehead atoms. The molecule has 6 aliphatic rings. The Morgan fingerprint density at radius 1 is 1.08 bits per heavy atom. The maximum absolute atomic E-state index is 12.8. The predicted molar refractivity (Wildman–Crippen MR) is 89.6 cm³/mol. The van der Waals surface area contributed by atoms with Crippen molar-refractivity contribution < 1.29 is 24.1 Å². The minimum absolute atomic E-state index is 0.106. The minimum atomic E-state index is -0.962. The number of ether oxygens (including phenoxy) is 3. The summed E-state index contributed by atoms with van der Waals surface area (Å²) in [5, 5.41) is 11.1. The standard InChI is InChI=1S/C20H30O5/c1-19-23-13-9-14(24-19)11-20(10-13,25-19)15-7-8-16(21)17(15)18(22)12-5-3-2-4-6-12/h12-15,17-18,22H,2-11H2,1H3/t13-,14+,15-,17+,18-,19?,20?/m1/s1. The van der Waals surface area contributed by atoms with E-state index < -0.39 is 12.1 Å². The fourth-order valence-electron chi connectivity index (χ4n) is 6.66. The first-order valence-corrected chi connectivity index (χ1v) is 10.2. The van der Waals surface area contributed by atoms with E-state index in [9.17, 15) is 9.90 Å². The lowest BCUT2D eigenvalue weighted by Crippen LogP contribution is -2.69. The van der Waals surface area contributed by atoms with Crippen molar-refractivity contribution in [1.82, 2.24) is 0 Å². The lowest BCUT2D eigenvalue weighted by atomic mass is 9.65. The summed E-state index contributed by atoms with van der Waals surface area (Å²) in [5.74, 6) is -0.595. The molecular formula is C20H30O5. The quantitative estimate of drug-likeness (QED) is 0.848. The number of carbonyl (C=O) groups excluding carboxylic acids is 1. The number of carbonyl (C=O) groups is 1. The normalized spacial score (nSPS) is 51.2. The van der Waals surface area contributed by atoms with Crippen molar-refractivity contribution >= 4 is 5.78 Å². The van der Waals surface area contributed by atoms with Crippen LogP contribution in [0.1, 0.15) is 71.1 Å². The van der Waals surface area contributed by atoms with Gasteiger partial charge in [-0.25, -0.2) is 0 Å². The molecule has 6 rings (SSSR count). The monoisotopic (exact) mass is 350 g/mol. The highest BCUT2D eigenvalue weighted by Crippen LogP contribution is 2.57. The zero-order valence-electron chi connectivity index (χ0n) is 15.1. The topological polar surface area (TPSA) is 65.0 Å². The van der Waals surface area contributed by atoms with Crippen LogP contribution in [0.4, 0.5) is 0 Å². The van der Waals surface area contributed by atoms with E-state index in [-0.39, 0.29) is 41.3 Å². The number of ketones is 1. The van der Waals surface area contributed by atoms with E-state index in [2.05, 4.69) is 0 Å². The van der Waals surface area contributed by atoms with Gasteiger partial charge in [-0.3, -0.25) is 4.79 Å². The van der Waals surface area contributed by atoms with E-state index in [0.717, 1.165) is 38.5 Å². The Balaban J connectivity index is 1.43. The molecule has 3 aliphatic heterocycles. The molecule has 3 heterocycles. The van der Waals surface area contributed by atoms with Gasteiger partial charge >= 0.3 is 0 Å². The molecule has 0 spiro atoms. The first-order chi connectivity index (χ1) is 12.0. The fourth-order valence-corrected chi connectivity index (χ4v) is 6.66. The van der Waals surface area contributed by atoms with E-state index >= 15 is 0 Å². The van der Waals surface area contributed by atoms with Crippen LogP contribution in [0.5, 0.6) is 0 Å². The minimum Gasteiger partial charge on any atom is -0.392 e. The smallest absolute Gasteiger partial charge is 0.280 e. The van der Waals surface area contributed by atoms with Crippen molar-refractivity contribution in [3.05, 3.63) is 0 Å². The van der Waals surface area contributed by atoms with Crippen LogP contribution in [0.15, 0.2) is 0 Å². The molecule has 7 atom stereocenters. The highest BCUT2D eigenvalue weighted by Gasteiger charge is 2.65. The summed E-state index contributed by atoms with van der Waals surface area (Å²) >= 11 is 0. The highest BCUT2D eigenvalue weighted by atomic mass is 16.9. The number of rotatable bonds is 3. The fraction of sp³-hybridized carbons (Fsp3) is 0.950. The second kappa shape index (κ2) is 5.75. The van der Waals surface area contributed by atoms with Crippen LogP contribution in [-0.4, -0.2) is 40.8 Å². The summed E-state index contributed by atoms with van der Waals surface area (Å²) in [6.45, 7) is 1.86. The second-order valence-electron chi connectivity index (χ2n) is 9.18. The molecule has 0 aromatic carbocycles. The third-order valence-electron chi connectivity index (χ3n) is 7.51. The van der Waals surface area contributed by atoms with Crippen molar-refractivity contribution in [2.75, 3.05) is 0 Å². The van der Waals surface area contributed by atoms with Gasteiger partial charge in [-0.15, -0.1) is 0 Å². The SMILES string of the molecule is CC12O[C@@H]3C[C@@H](CC([C@@H]4CCC(=O)[C@H]4[C@H](O)C4CCCCC4)(C3)O1)O2. The molecule has 3 saturated heterocycles. The lowest BCUT2D eigenvalue weighted by Gasteiger charge is -2.62. The van der Waals surface area contributed by atoms with Gasteiger partial charge in [-0.2, -0.15) is 0 Å². The lowest BCUT2D eigenvalue weighted by molar-refractivity contribution is -0.515. The Hall–Kier alpha value is -0.490. The van der Waals surface area contributed by atoms with Crippen LogP contribution >= 0.6 is 0 Å². The zero-order valence-corrected chi connectivity index (χ0v) is 15.1. The first kappa shape index (κ1) is 16.7. The van der Waals surface area contributed by atoms with Gasteiger partial charge in [-0.05, 0) is 25.2 Å². The first-order valence-electron chi connectivity index (χ1n) is 10.2. The largest absolute Gasteiger partial charge is 0.392 e. The summed E-state index contributed by atoms with van der Waals surface area (Å²) in [6.07, 6.45) is 9.57. The maximum Gasteiger partial charge on any atom is 0.280 e. The molecule has 3 aliphatic carbocycles. The van der Waals surface area contributed by atoms with Gasteiger partial charge in [0.2, 0.25) is 0 Å². The average Bonchev–Trinajstić information content (AvgIpc) is 2.95. The second-order valence-corrected chi connectivity index (χ2v) is 9.18. The molecule has 140 valence electrons. The molecule has 0 amide bonds. The third-order valence-corrected chi connectivity index (χ3v) is 7.51. The van der Waals surface area contributed by atoms with Gasteiger partial charge in [0.1, 0.15) is 5.78 Å². The van der Waals surface area contributed by atoms with Crippen LogP contribution in [0.2, 0.25) is 0 Å². The Labute approximate surface area is 149 Å². The van der Waals surface area contributed by atoms with Crippen LogP contribution in [0, 0.1) is 17.8 Å². The van der Waals surface area contributed by atoms with Crippen LogP contribution < -0.4 is 0 Å². The van der Waals surface area contributed by atoms with Crippen molar-refractivity contribution in [3.63, 3.8) is 0 Å². The molecule has 5 nitrogen and oxygen atoms in total. The van der Waals surface area contributed by atoms with Gasteiger partial charge in [0.15, 0.2) is 0 Å². The average molecular weight is 350 g/mol. The number of aliphatic hydroxyl groups is 1. The molecule has 2 unspecified atom stereocenters. The molecule has 0 aromatic heterocycles. The van der Waals surface area contributed by atoms with E-state index in [1.165, 1.54) is 19.3 Å². The van der Waals surface area contributed by atoms with Gasteiger partial charge in [0, 0.05) is 44.4 Å². The van der Waals surface area contributed by atoms with Crippen molar-refractivity contribution in [3.8, 4) is 0 Å². The molecule has 3 saturated carbocycles. The number of Topliss-reactive ketones (excluding diaryl/α,β-unsaturated/α-hetero) is 1. The predicted octanol–water partition coefficient (Wildman–Crippen LogP) is 2.93. The van der Waals surface area contributed by atoms with Crippen molar-refractivity contribution in [1.29, 1.82) is 0 Å². The van der Waals surface area contributed by atoms with E-state index in [4.69, 9.17) is 14.2 Å². The van der Waals surface area contributed by atoms with Gasteiger partial charge in [0.05, 0.1) is 23.9 Å². The maximum atomic E-state index is 12.8. The number of hydrogen-bond acceptors (Lipinski definition) is 5. The third kappa shape index (κ3) is 2.61. The van der Waals surface area contributed by atoms with Crippen molar-refractivity contribution in [2.24, 2.45) is 17.8 Å². The molecular weight excluding hydrogens is 320 g/mol. The number of hydrogen-bond donors (Lipinski definition) is 1. The zero-order chi connectivity index (χ0) is 17.2. The van der Waals surface area contributed by atoms with Crippen LogP contribution in [0.3, 0.4) is 0 Å². The highest BCUT2D eigenvalue weighted by molar-refractivity contribution is 5.84. The molecule has 1 N–H and O–H groups in total. The summed E-state index contributed by atoms with van der Waals surface area (Å²) in [4.78, 5) is 12.8. The van der Waals surface area contributed by atoms with E-state index in [1.807, 2.05) is 6.92 Å². The van der Waals surface area contributed by atoms with E-state index in [0.29, 0.717) is 6.42 Å². The van der Waals surface area contributed by atoms with Gasteiger partial charge < -0.3 is 19.3 Å². The van der Waals surface area contributed by atoms with Crippen LogP contribution in [0.25, 0.3) is 0 Å². The van der Waals surface area contributed by atoms with Crippen molar-refractivity contribution in [2.45, 2.75) is 101 Å². The molecule has 5 heteroatoms. The van der Waals surface area contributed by atoms with Gasteiger partial charge in [0.25, 0.3) is 5.97 Å². The van der Waals surface area contributed by atoms with Crippen LogP contribution in [-0.2, 0) is 19.0 Å².